The zero-order chi connectivity index (χ0) is 22.7. The van der Waals surface area contributed by atoms with E-state index in [4.69, 9.17) is 0 Å². The Morgan fingerprint density at radius 2 is 1.78 bits per heavy atom. The Morgan fingerprint density at radius 1 is 1.00 bits per heavy atom. The number of amides is 3. The largest absolute Gasteiger partial charge is 0.338 e. The minimum atomic E-state index is -0.555. The fraction of sp³-hybridized carbons (Fsp3) is 0.217. The molecule has 164 valence electrons. The fourth-order valence-corrected chi connectivity index (χ4v) is 3.78. The van der Waals surface area contributed by atoms with Crippen molar-refractivity contribution < 1.29 is 9.59 Å². The molecule has 2 aromatic carbocycles. The molecule has 1 aromatic heterocycles. The number of nitrogens with zero attached hydrogens (tertiary/aromatic N) is 1. The lowest BCUT2D eigenvalue weighted by Crippen LogP contribution is -2.29. The number of anilines is 2. The van der Waals surface area contributed by atoms with Gasteiger partial charge in [0.1, 0.15) is 0 Å². The molecule has 3 amide bonds. The van der Waals surface area contributed by atoms with E-state index in [0.29, 0.717) is 42.1 Å². The van der Waals surface area contributed by atoms with Gasteiger partial charge in [-0.2, -0.15) is 0 Å². The first kappa shape index (κ1) is 21.1. The Bertz CT molecular complexity index is 1240. The van der Waals surface area contributed by atoms with E-state index >= 15 is 0 Å². The lowest BCUT2D eigenvalue weighted by atomic mass is 10.0. The Morgan fingerprint density at radius 3 is 2.53 bits per heavy atom. The van der Waals surface area contributed by atoms with Gasteiger partial charge in [-0.3, -0.25) is 14.6 Å². The SMILES string of the molecule is Cc1ccc(C(=O)N2CCC(c3cc(=O)[nH]c(=O)[nH]3)C2)cc1NC(=O)Nc1ccccc1. The van der Waals surface area contributed by atoms with Crippen molar-refractivity contribution in [2.75, 3.05) is 23.7 Å². The van der Waals surface area contributed by atoms with Gasteiger partial charge < -0.3 is 20.5 Å². The number of urea groups is 1. The van der Waals surface area contributed by atoms with Crippen molar-refractivity contribution in [2.24, 2.45) is 0 Å². The standard InChI is InChI=1S/C23H23N5O4/c1-14-7-8-15(11-18(14)25-22(31)24-17-5-3-2-4-6-17)21(30)28-10-9-16(13-28)19-12-20(29)27-23(32)26-19/h2-8,11-12,16H,9-10,13H2,1H3,(H2,24,25,31)(H2,26,27,29,32). The highest BCUT2D eigenvalue weighted by atomic mass is 16.2. The molecule has 9 nitrogen and oxygen atoms in total. The number of benzene rings is 2. The fourth-order valence-electron chi connectivity index (χ4n) is 3.78. The summed E-state index contributed by atoms with van der Waals surface area (Å²) in [5.41, 5.74) is 1.99. The van der Waals surface area contributed by atoms with Crippen LogP contribution in [0.1, 0.15) is 34.0 Å². The molecule has 4 N–H and O–H groups in total. The van der Waals surface area contributed by atoms with Crippen molar-refractivity contribution in [1.82, 2.24) is 14.9 Å². The molecule has 32 heavy (non-hydrogen) atoms. The van der Waals surface area contributed by atoms with Gasteiger partial charge in [0.15, 0.2) is 0 Å². The predicted molar refractivity (Wildman–Crippen MR) is 121 cm³/mol. The van der Waals surface area contributed by atoms with Gasteiger partial charge in [-0.1, -0.05) is 24.3 Å². The molecule has 1 fully saturated rings. The first-order valence-electron chi connectivity index (χ1n) is 10.3. The molecule has 2 heterocycles. The molecule has 1 atom stereocenters. The molecule has 1 aliphatic heterocycles. The van der Waals surface area contributed by atoms with Gasteiger partial charge in [-0.25, -0.2) is 9.59 Å². The summed E-state index contributed by atoms with van der Waals surface area (Å²) in [6, 6.07) is 15.2. The number of carbonyl (C=O) groups excluding carboxylic acids is 2. The number of rotatable bonds is 4. The van der Waals surface area contributed by atoms with Crippen LogP contribution in [0.2, 0.25) is 0 Å². The molecule has 3 aromatic rings. The molecule has 1 unspecified atom stereocenters. The van der Waals surface area contributed by atoms with E-state index in [1.54, 1.807) is 35.2 Å². The normalized spacial score (nSPS) is 15.4. The highest BCUT2D eigenvalue weighted by Gasteiger charge is 2.29. The minimum Gasteiger partial charge on any atom is -0.338 e. The summed E-state index contributed by atoms with van der Waals surface area (Å²) in [6.45, 7) is 2.74. The van der Waals surface area contributed by atoms with E-state index in [2.05, 4.69) is 20.6 Å². The van der Waals surface area contributed by atoms with Crippen LogP contribution in [-0.4, -0.2) is 39.9 Å². The number of nitrogens with one attached hydrogen (secondary N) is 4. The van der Waals surface area contributed by atoms with Crippen LogP contribution >= 0.6 is 0 Å². The predicted octanol–water partition coefficient (Wildman–Crippen LogP) is 2.65. The number of likely N-dealkylation sites (tertiary alicyclic amines) is 1. The molecule has 1 aliphatic rings. The van der Waals surface area contributed by atoms with Crippen molar-refractivity contribution in [3.63, 3.8) is 0 Å². The smallest absolute Gasteiger partial charge is 0.325 e. The van der Waals surface area contributed by atoms with Gasteiger partial charge in [0.2, 0.25) is 0 Å². The van der Waals surface area contributed by atoms with Crippen LogP contribution in [0.4, 0.5) is 16.2 Å². The van der Waals surface area contributed by atoms with Gasteiger partial charge in [-0.15, -0.1) is 0 Å². The molecule has 9 heteroatoms. The van der Waals surface area contributed by atoms with Crippen LogP contribution in [0.5, 0.6) is 0 Å². The third-order valence-corrected chi connectivity index (χ3v) is 5.46. The molecule has 4 rings (SSSR count). The maximum Gasteiger partial charge on any atom is 0.325 e. The van der Waals surface area contributed by atoms with Crippen molar-refractivity contribution in [3.8, 4) is 0 Å². The molecular formula is C23H23N5O4. The van der Waals surface area contributed by atoms with Gasteiger partial charge in [0.25, 0.3) is 11.5 Å². The zero-order valence-electron chi connectivity index (χ0n) is 17.5. The highest BCUT2D eigenvalue weighted by molar-refractivity contribution is 6.02. The maximum atomic E-state index is 13.1. The summed E-state index contributed by atoms with van der Waals surface area (Å²) in [6.07, 6.45) is 0.640. The zero-order valence-corrected chi connectivity index (χ0v) is 17.5. The number of carbonyl (C=O) groups is 2. The summed E-state index contributed by atoms with van der Waals surface area (Å²) in [4.78, 5) is 55.0. The summed E-state index contributed by atoms with van der Waals surface area (Å²) < 4.78 is 0. The Hall–Kier alpha value is -4.14. The van der Waals surface area contributed by atoms with Crippen LogP contribution in [0.3, 0.4) is 0 Å². The van der Waals surface area contributed by atoms with Gasteiger partial charge in [0, 0.05) is 47.7 Å². The van der Waals surface area contributed by atoms with Crippen LogP contribution in [0, 0.1) is 6.92 Å². The van der Waals surface area contributed by atoms with Crippen molar-refractivity contribution >= 4 is 23.3 Å². The average molecular weight is 433 g/mol. The monoisotopic (exact) mass is 433 g/mol. The average Bonchev–Trinajstić information content (AvgIpc) is 3.25. The second-order valence-electron chi connectivity index (χ2n) is 7.75. The number of aromatic amines is 2. The third-order valence-electron chi connectivity index (χ3n) is 5.46. The molecule has 0 radical (unpaired) electrons. The van der Waals surface area contributed by atoms with E-state index in [1.165, 1.54) is 6.07 Å². The van der Waals surface area contributed by atoms with Crippen LogP contribution < -0.4 is 21.9 Å². The Balaban J connectivity index is 1.45. The summed E-state index contributed by atoms with van der Waals surface area (Å²) in [7, 11) is 0. The van der Waals surface area contributed by atoms with Crippen LogP contribution in [0.15, 0.2) is 64.2 Å². The second kappa shape index (κ2) is 8.93. The van der Waals surface area contributed by atoms with E-state index < -0.39 is 17.3 Å². The van der Waals surface area contributed by atoms with E-state index in [-0.39, 0.29) is 11.8 Å². The maximum absolute atomic E-state index is 13.1. The van der Waals surface area contributed by atoms with Crippen molar-refractivity contribution in [1.29, 1.82) is 0 Å². The number of hydrogen-bond acceptors (Lipinski definition) is 4. The third kappa shape index (κ3) is 4.77. The lowest BCUT2D eigenvalue weighted by molar-refractivity contribution is 0.0790. The summed E-state index contributed by atoms with van der Waals surface area (Å²) in [5, 5.41) is 5.54. The minimum absolute atomic E-state index is 0.117. The molecule has 0 aliphatic carbocycles. The highest BCUT2D eigenvalue weighted by Crippen LogP contribution is 2.27. The van der Waals surface area contributed by atoms with Gasteiger partial charge in [0.05, 0.1) is 0 Å². The summed E-state index contributed by atoms with van der Waals surface area (Å²) in [5.74, 6) is -0.292. The molecule has 0 bridgehead atoms. The van der Waals surface area contributed by atoms with E-state index in [9.17, 15) is 19.2 Å². The number of H-pyrrole nitrogens is 2. The number of para-hydroxylation sites is 1. The molecular weight excluding hydrogens is 410 g/mol. The first-order valence-corrected chi connectivity index (χ1v) is 10.3. The molecule has 1 saturated heterocycles. The Labute approximate surface area is 183 Å². The number of aromatic nitrogens is 2. The van der Waals surface area contributed by atoms with Crippen molar-refractivity contribution in [2.45, 2.75) is 19.3 Å². The summed E-state index contributed by atoms with van der Waals surface area (Å²) >= 11 is 0. The lowest BCUT2D eigenvalue weighted by Gasteiger charge is -2.18. The molecule has 0 spiro atoms. The molecule has 0 saturated carbocycles. The van der Waals surface area contributed by atoms with Gasteiger partial charge >= 0.3 is 11.7 Å². The first-order chi connectivity index (χ1) is 15.4. The number of aryl methyl sites for hydroxylation is 1. The van der Waals surface area contributed by atoms with Gasteiger partial charge in [-0.05, 0) is 43.2 Å². The van der Waals surface area contributed by atoms with E-state index in [0.717, 1.165) is 5.56 Å². The topological polar surface area (TPSA) is 127 Å². The van der Waals surface area contributed by atoms with E-state index in [1.807, 2.05) is 25.1 Å². The number of hydrogen-bond donors (Lipinski definition) is 4. The van der Waals surface area contributed by atoms with Crippen LogP contribution in [0.25, 0.3) is 0 Å². The quantitative estimate of drug-likeness (QED) is 0.504. The van der Waals surface area contributed by atoms with Crippen LogP contribution in [-0.2, 0) is 0 Å². The van der Waals surface area contributed by atoms with Crippen molar-refractivity contribution in [3.05, 3.63) is 92.3 Å². The Kier molecular flexibility index (Phi) is 5.89. The second-order valence-corrected chi connectivity index (χ2v) is 7.75.